The number of nitrogens with one attached hydrogen (secondary N) is 1. The molecule has 1 aliphatic rings. The monoisotopic (exact) mass is 149 g/mol. The summed E-state index contributed by atoms with van der Waals surface area (Å²) in [6, 6.07) is 0. The minimum Gasteiger partial charge on any atom is -0.382 e. The van der Waals surface area contributed by atoms with Crippen molar-refractivity contribution in [2.45, 2.75) is 0 Å². The maximum atomic E-state index is 5.54. The van der Waals surface area contributed by atoms with Crippen LogP contribution in [0, 0.1) is 0 Å². The molecule has 0 saturated heterocycles. The minimum absolute atomic E-state index is 0.415. The van der Waals surface area contributed by atoms with Gasteiger partial charge in [0.25, 0.3) is 0 Å². The molecular weight excluding hydrogens is 142 g/mol. The summed E-state index contributed by atoms with van der Waals surface area (Å²) in [6.07, 6.45) is 3.16. The lowest BCUT2D eigenvalue weighted by molar-refractivity contribution is 1.13. The Labute approximate surface area is 63.4 Å². The number of rotatable bonds is 0. The lowest BCUT2D eigenvalue weighted by Crippen LogP contribution is -2.10. The van der Waals surface area contributed by atoms with E-state index in [1.54, 1.807) is 6.21 Å². The van der Waals surface area contributed by atoms with Crippen molar-refractivity contribution in [1.29, 1.82) is 0 Å². The van der Waals surface area contributed by atoms with Gasteiger partial charge in [0.2, 0.25) is 0 Å². The Bertz CT molecular complexity index is 306. The van der Waals surface area contributed by atoms with Crippen LogP contribution in [-0.4, -0.2) is 22.7 Å². The van der Waals surface area contributed by atoms with Gasteiger partial charge in [-0.3, -0.25) is 4.99 Å². The zero-order valence-corrected chi connectivity index (χ0v) is 5.78. The molecule has 0 amide bonds. The molecular formula is C6H7N5. The summed E-state index contributed by atoms with van der Waals surface area (Å²) in [5, 5.41) is 3.02. The Kier molecular flexibility index (Phi) is 1.21. The normalized spacial score (nSPS) is 13.8. The first-order valence-electron chi connectivity index (χ1n) is 3.25. The first-order valence-corrected chi connectivity index (χ1v) is 3.25. The van der Waals surface area contributed by atoms with E-state index < -0.39 is 0 Å². The predicted molar refractivity (Wildman–Crippen MR) is 43.1 cm³/mol. The molecule has 56 valence electrons. The number of nitrogen functional groups attached to an aromatic ring is 1. The molecule has 0 atom stereocenters. The fraction of sp³-hybridized carbons (Fsp3) is 0.167. The fourth-order valence-electron chi connectivity index (χ4n) is 0.928. The van der Waals surface area contributed by atoms with Gasteiger partial charge < -0.3 is 11.1 Å². The molecule has 1 aromatic rings. The third-order valence-corrected chi connectivity index (χ3v) is 1.43. The Morgan fingerprint density at radius 1 is 1.45 bits per heavy atom. The van der Waals surface area contributed by atoms with Crippen molar-refractivity contribution in [1.82, 2.24) is 9.97 Å². The van der Waals surface area contributed by atoms with E-state index in [9.17, 15) is 0 Å². The van der Waals surface area contributed by atoms with Crippen molar-refractivity contribution < 1.29 is 0 Å². The summed E-state index contributed by atoms with van der Waals surface area (Å²) in [7, 11) is 0. The summed E-state index contributed by atoms with van der Waals surface area (Å²) in [6.45, 7) is 0.698. The smallest absolute Gasteiger partial charge is 0.157 e. The highest BCUT2D eigenvalue weighted by Gasteiger charge is 2.08. The number of fused-ring (bicyclic) bond motifs is 1. The van der Waals surface area contributed by atoms with E-state index in [0.29, 0.717) is 23.9 Å². The molecule has 2 rings (SSSR count). The fourth-order valence-corrected chi connectivity index (χ4v) is 0.928. The number of nitrogens with zero attached hydrogens (tertiary/aromatic N) is 3. The quantitative estimate of drug-likeness (QED) is 0.552. The average Bonchev–Trinajstić information content (AvgIpc) is 2.06. The molecule has 11 heavy (non-hydrogen) atoms. The largest absolute Gasteiger partial charge is 0.382 e. The number of nitrogens with two attached hydrogens (primary N) is 1. The SMILES string of the molecule is Nc1ncnc2c1N=CCN2. The topological polar surface area (TPSA) is 76.2 Å². The van der Waals surface area contributed by atoms with Gasteiger partial charge in [0.1, 0.15) is 12.0 Å². The third kappa shape index (κ3) is 0.899. The minimum atomic E-state index is 0.415. The molecule has 0 aliphatic carbocycles. The molecule has 5 nitrogen and oxygen atoms in total. The van der Waals surface area contributed by atoms with Crippen LogP contribution in [0.1, 0.15) is 0 Å². The Morgan fingerprint density at radius 3 is 3.18 bits per heavy atom. The van der Waals surface area contributed by atoms with Crippen molar-refractivity contribution >= 4 is 23.5 Å². The predicted octanol–water partition coefficient (Wildman–Crippen LogP) is 0.187. The van der Waals surface area contributed by atoms with Gasteiger partial charge in [-0.1, -0.05) is 0 Å². The Hall–Kier alpha value is -1.65. The van der Waals surface area contributed by atoms with Gasteiger partial charge in [-0.15, -0.1) is 0 Å². The summed E-state index contributed by atoms with van der Waals surface area (Å²) in [4.78, 5) is 11.8. The molecule has 0 radical (unpaired) electrons. The van der Waals surface area contributed by atoms with Crippen LogP contribution in [0.2, 0.25) is 0 Å². The van der Waals surface area contributed by atoms with Gasteiger partial charge in [0.15, 0.2) is 11.6 Å². The molecule has 0 aromatic carbocycles. The molecule has 1 aromatic heterocycles. The lowest BCUT2D eigenvalue weighted by atomic mass is 10.4. The van der Waals surface area contributed by atoms with Crippen molar-refractivity contribution in [3.8, 4) is 0 Å². The maximum Gasteiger partial charge on any atom is 0.157 e. The highest BCUT2D eigenvalue weighted by atomic mass is 15.1. The summed E-state index contributed by atoms with van der Waals surface area (Å²) >= 11 is 0. The Morgan fingerprint density at radius 2 is 2.36 bits per heavy atom. The van der Waals surface area contributed by atoms with Gasteiger partial charge in [0, 0.05) is 6.21 Å². The third-order valence-electron chi connectivity index (χ3n) is 1.43. The van der Waals surface area contributed by atoms with Crippen LogP contribution in [0.25, 0.3) is 0 Å². The number of aliphatic imine (C=N–C) groups is 1. The van der Waals surface area contributed by atoms with Crippen molar-refractivity contribution in [2.75, 3.05) is 17.6 Å². The van der Waals surface area contributed by atoms with Crippen molar-refractivity contribution in [2.24, 2.45) is 4.99 Å². The van der Waals surface area contributed by atoms with Gasteiger partial charge >= 0.3 is 0 Å². The molecule has 0 saturated carbocycles. The molecule has 0 unspecified atom stereocenters. The van der Waals surface area contributed by atoms with Gasteiger partial charge in [-0.25, -0.2) is 9.97 Å². The number of aromatic nitrogens is 2. The maximum absolute atomic E-state index is 5.54. The number of hydrogen-bond acceptors (Lipinski definition) is 5. The summed E-state index contributed by atoms with van der Waals surface area (Å²) in [5.74, 6) is 1.12. The van der Waals surface area contributed by atoms with Gasteiger partial charge in [-0.05, 0) is 0 Å². The highest BCUT2D eigenvalue weighted by Crippen LogP contribution is 2.28. The van der Waals surface area contributed by atoms with Crippen LogP contribution >= 0.6 is 0 Å². The Balaban J connectivity index is 2.60. The second-order valence-electron chi connectivity index (χ2n) is 2.15. The number of anilines is 2. The van der Waals surface area contributed by atoms with Crippen LogP contribution in [0.3, 0.4) is 0 Å². The van der Waals surface area contributed by atoms with E-state index in [2.05, 4.69) is 20.3 Å². The van der Waals surface area contributed by atoms with E-state index in [0.717, 1.165) is 0 Å². The van der Waals surface area contributed by atoms with E-state index in [1.165, 1.54) is 6.33 Å². The molecule has 2 heterocycles. The second kappa shape index (κ2) is 2.19. The zero-order chi connectivity index (χ0) is 7.68. The molecule has 5 heteroatoms. The van der Waals surface area contributed by atoms with Gasteiger partial charge in [0.05, 0.1) is 6.54 Å². The first-order chi connectivity index (χ1) is 5.38. The second-order valence-corrected chi connectivity index (χ2v) is 2.15. The van der Waals surface area contributed by atoms with Crippen LogP contribution in [0.4, 0.5) is 17.3 Å². The van der Waals surface area contributed by atoms with Crippen molar-refractivity contribution in [3.63, 3.8) is 0 Å². The molecule has 0 spiro atoms. The average molecular weight is 149 g/mol. The van der Waals surface area contributed by atoms with E-state index in [4.69, 9.17) is 5.73 Å². The lowest BCUT2D eigenvalue weighted by Gasteiger charge is -2.10. The van der Waals surface area contributed by atoms with Crippen LogP contribution < -0.4 is 11.1 Å². The molecule has 0 fully saturated rings. The van der Waals surface area contributed by atoms with E-state index in [-0.39, 0.29) is 0 Å². The van der Waals surface area contributed by atoms with E-state index in [1.807, 2.05) is 0 Å². The van der Waals surface area contributed by atoms with Crippen LogP contribution in [-0.2, 0) is 0 Å². The van der Waals surface area contributed by atoms with E-state index >= 15 is 0 Å². The summed E-state index contributed by atoms with van der Waals surface area (Å²) < 4.78 is 0. The van der Waals surface area contributed by atoms with Crippen LogP contribution in [0.15, 0.2) is 11.3 Å². The summed E-state index contributed by atoms with van der Waals surface area (Å²) in [5.41, 5.74) is 6.17. The first kappa shape index (κ1) is 6.09. The molecule has 1 aliphatic heterocycles. The zero-order valence-electron chi connectivity index (χ0n) is 5.78. The molecule has 0 bridgehead atoms. The number of hydrogen-bond donors (Lipinski definition) is 2. The molecule has 3 N–H and O–H groups in total. The van der Waals surface area contributed by atoms with Crippen molar-refractivity contribution in [3.05, 3.63) is 6.33 Å². The van der Waals surface area contributed by atoms with Gasteiger partial charge in [-0.2, -0.15) is 0 Å². The standard InChI is InChI=1S/C6H7N5/c7-5-4-6(11-3-10-5)9-2-1-8-4/h1,3H,2H2,(H3,7,9,10,11). The highest BCUT2D eigenvalue weighted by molar-refractivity contribution is 5.83. The van der Waals surface area contributed by atoms with Crippen LogP contribution in [0.5, 0.6) is 0 Å².